The minimum Gasteiger partial charge on any atom is -0.493 e. The molecule has 1 unspecified atom stereocenters. The number of rotatable bonds is 2. The normalized spacial score (nSPS) is 17.7. The number of carbonyl (C=O) groups excluding carboxylic acids is 1. The summed E-state index contributed by atoms with van der Waals surface area (Å²) in [5, 5.41) is 0. The van der Waals surface area contributed by atoms with Crippen LogP contribution in [-0.4, -0.2) is 22.9 Å². The van der Waals surface area contributed by atoms with Gasteiger partial charge in [0.25, 0.3) is 0 Å². The summed E-state index contributed by atoms with van der Waals surface area (Å²) in [5.74, 6) is 1.72. The quantitative estimate of drug-likeness (QED) is 0.753. The number of hydrogen-bond acceptors (Lipinski definition) is 4. The smallest absolute Gasteiger partial charge is 0.168 e. The van der Waals surface area contributed by atoms with E-state index in [0.717, 1.165) is 24.0 Å². The van der Waals surface area contributed by atoms with Gasteiger partial charge in [0.1, 0.15) is 17.3 Å². The van der Waals surface area contributed by atoms with Crippen molar-refractivity contribution in [3.63, 3.8) is 0 Å². The summed E-state index contributed by atoms with van der Waals surface area (Å²) in [6.45, 7) is 0.555. The minimum absolute atomic E-state index is 0.111. The number of aldehydes is 1. The van der Waals surface area contributed by atoms with Crippen molar-refractivity contribution in [1.82, 2.24) is 9.97 Å². The van der Waals surface area contributed by atoms with Crippen molar-refractivity contribution in [3.8, 4) is 5.75 Å². The zero-order chi connectivity index (χ0) is 12.4. The molecule has 18 heavy (non-hydrogen) atoms. The molecule has 2 aromatic rings. The Kier molecular flexibility index (Phi) is 2.76. The van der Waals surface area contributed by atoms with Crippen molar-refractivity contribution >= 4 is 6.29 Å². The number of benzene rings is 1. The molecule has 3 rings (SSSR count). The lowest BCUT2D eigenvalue weighted by atomic mass is 9.96. The topological polar surface area (TPSA) is 52.1 Å². The molecule has 0 N–H and O–H groups in total. The lowest BCUT2D eigenvalue weighted by molar-refractivity contribution is 0.111. The lowest BCUT2D eigenvalue weighted by Gasteiger charge is -2.24. The second-order valence-corrected chi connectivity index (χ2v) is 4.28. The lowest BCUT2D eigenvalue weighted by Crippen LogP contribution is -2.21. The summed E-state index contributed by atoms with van der Waals surface area (Å²) < 4.78 is 5.70. The van der Waals surface area contributed by atoms with Gasteiger partial charge < -0.3 is 4.74 Å². The highest BCUT2D eigenvalue weighted by Gasteiger charge is 2.23. The minimum atomic E-state index is 0.111. The Morgan fingerprint density at radius 3 is 3.06 bits per heavy atom. The molecule has 0 spiro atoms. The molecule has 0 radical (unpaired) electrons. The van der Waals surface area contributed by atoms with Crippen LogP contribution < -0.4 is 4.74 Å². The van der Waals surface area contributed by atoms with Gasteiger partial charge in [-0.15, -0.1) is 0 Å². The highest BCUT2D eigenvalue weighted by atomic mass is 16.5. The summed E-state index contributed by atoms with van der Waals surface area (Å²) in [7, 11) is 0. The van der Waals surface area contributed by atoms with E-state index in [1.165, 1.54) is 0 Å². The van der Waals surface area contributed by atoms with Crippen LogP contribution in [0.1, 0.15) is 27.8 Å². The Labute approximate surface area is 105 Å². The third-order valence-corrected chi connectivity index (χ3v) is 3.06. The van der Waals surface area contributed by atoms with Crippen LogP contribution in [0.3, 0.4) is 0 Å². The van der Waals surface area contributed by atoms with E-state index in [4.69, 9.17) is 4.74 Å². The molecule has 1 atom stereocenters. The molecular weight excluding hydrogens is 228 g/mol. The van der Waals surface area contributed by atoms with Gasteiger partial charge in [0.15, 0.2) is 6.29 Å². The fourth-order valence-electron chi connectivity index (χ4n) is 2.14. The number of fused-ring (bicyclic) bond motifs is 1. The number of nitrogens with zero attached hydrogens (tertiary/aromatic N) is 2. The highest BCUT2D eigenvalue weighted by molar-refractivity contribution is 5.71. The van der Waals surface area contributed by atoms with Crippen molar-refractivity contribution in [2.45, 2.75) is 12.3 Å². The van der Waals surface area contributed by atoms with Gasteiger partial charge in [0.05, 0.1) is 12.5 Å². The van der Waals surface area contributed by atoms with Gasteiger partial charge >= 0.3 is 0 Å². The summed E-state index contributed by atoms with van der Waals surface area (Å²) in [6, 6.07) is 9.57. The van der Waals surface area contributed by atoms with Gasteiger partial charge in [0.2, 0.25) is 0 Å². The zero-order valence-corrected chi connectivity index (χ0v) is 9.74. The first kappa shape index (κ1) is 10.9. The Balaban J connectivity index is 1.89. The molecule has 1 aliphatic rings. The standard InChI is InChI=1S/C14H12N2O2/c17-8-12-5-6-15-14(16-12)11-7-10-3-1-2-4-13(10)18-9-11/h1-6,8,11H,7,9H2. The first-order chi connectivity index (χ1) is 8.86. The molecule has 1 aromatic carbocycles. The summed E-state index contributed by atoms with van der Waals surface area (Å²) in [4.78, 5) is 19.2. The predicted molar refractivity (Wildman–Crippen MR) is 65.8 cm³/mol. The number of ether oxygens (including phenoxy) is 1. The maximum Gasteiger partial charge on any atom is 0.168 e. The van der Waals surface area contributed by atoms with E-state index in [9.17, 15) is 4.79 Å². The largest absolute Gasteiger partial charge is 0.493 e. The molecule has 90 valence electrons. The van der Waals surface area contributed by atoms with Crippen molar-refractivity contribution < 1.29 is 9.53 Å². The molecule has 0 saturated carbocycles. The molecule has 2 heterocycles. The predicted octanol–water partition coefficient (Wildman–Crippen LogP) is 2.01. The van der Waals surface area contributed by atoms with E-state index in [0.29, 0.717) is 18.1 Å². The summed E-state index contributed by atoms with van der Waals surface area (Å²) in [5.41, 5.74) is 1.58. The van der Waals surface area contributed by atoms with E-state index in [-0.39, 0.29) is 5.92 Å². The highest BCUT2D eigenvalue weighted by Crippen LogP contribution is 2.30. The van der Waals surface area contributed by atoms with Crippen LogP contribution in [0.5, 0.6) is 5.75 Å². The van der Waals surface area contributed by atoms with Crippen LogP contribution in [0, 0.1) is 0 Å². The Bertz CT molecular complexity index is 584. The average molecular weight is 240 g/mol. The van der Waals surface area contributed by atoms with E-state index in [1.807, 2.05) is 24.3 Å². The Morgan fingerprint density at radius 2 is 2.17 bits per heavy atom. The van der Waals surface area contributed by atoms with Crippen LogP contribution in [0.25, 0.3) is 0 Å². The average Bonchev–Trinajstić information content (AvgIpc) is 2.47. The maximum atomic E-state index is 10.7. The molecule has 4 heteroatoms. The van der Waals surface area contributed by atoms with Crippen molar-refractivity contribution in [3.05, 3.63) is 53.6 Å². The van der Waals surface area contributed by atoms with E-state index in [2.05, 4.69) is 9.97 Å². The van der Waals surface area contributed by atoms with Crippen molar-refractivity contribution in [2.24, 2.45) is 0 Å². The van der Waals surface area contributed by atoms with Gasteiger partial charge in [-0.25, -0.2) is 9.97 Å². The summed E-state index contributed by atoms with van der Waals surface area (Å²) in [6.07, 6.45) is 3.20. The van der Waals surface area contributed by atoms with E-state index in [1.54, 1.807) is 12.3 Å². The third kappa shape index (κ3) is 1.97. The van der Waals surface area contributed by atoms with Gasteiger partial charge in [-0.2, -0.15) is 0 Å². The first-order valence-electron chi connectivity index (χ1n) is 5.85. The molecule has 1 aliphatic heterocycles. The molecular formula is C14H12N2O2. The van der Waals surface area contributed by atoms with Crippen LogP contribution in [0.2, 0.25) is 0 Å². The maximum absolute atomic E-state index is 10.7. The fourth-order valence-corrected chi connectivity index (χ4v) is 2.14. The van der Waals surface area contributed by atoms with Crippen molar-refractivity contribution in [1.29, 1.82) is 0 Å². The second kappa shape index (κ2) is 4.56. The molecule has 0 saturated heterocycles. The third-order valence-electron chi connectivity index (χ3n) is 3.06. The monoisotopic (exact) mass is 240 g/mol. The van der Waals surface area contributed by atoms with Gasteiger partial charge in [-0.3, -0.25) is 4.79 Å². The molecule has 4 nitrogen and oxygen atoms in total. The van der Waals surface area contributed by atoms with Gasteiger partial charge in [-0.1, -0.05) is 18.2 Å². The Morgan fingerprint density at radius 1 is 1.28 bits per heavy atom. The SMILES string of the molecule is O=Cc1ccnc(C2COc3ccccc3C2)n1. The van der Waals surface area contributed by atoms with Gasteiger partial charge in [0, 0.05) is 6.20 Å². The summed E-state index contributed by atoms with van der Waals surface area (Å²) >= 11 is 0. The number of carbonyl (C=O) groups is 1. The molecule has 0 fully saturated rings. The van der Waals surface area contributed by atoms with E-state index >= 15 is 0 Å². The first-order valence-corrected chi connectivity index (χ1v) is 5.85. The fraction of sp³-hybridized carbons (Fsp3) is 0.214. The molecule has 0 aliphatic carbocycles. The van der Waals surface area contributed by atoms with Gasteiger partial charge in [-0.05, 0) is 24.1 Å². The van der Waals surface area contributed by atoms with Crippen LogP contribution in [0.15, 0.2) is 36.5 Å². The van der Waals surface area contributed by atoms with E-state index < -0.39 is 0 Å². The second-order valence-electron chi connectivity index (χ2n) is 4.28. The van der Waals surface area contributed by atoms with Crippen LogP contribution >= 0.6 is 0 Å². The Hall–Kier alpha value is -2.23. The molecule has 0 bridgehead atoms. The number of aromatic nitrogens is 2. The number of para-hydroxylation sites is 1. The van der Waals surface area contributed by atoms with Crippen LogP contribution in [-0.2, 0) is 6.42 Å². The number of hydrogen-bond donors (Lipinski definition) is 0. The van der Waals surface area contributed by atoms with Crippen molar-refractivity contribution in [2.75, 3.05) is 6.61 Å². The zero-order valence-electron chi connectivity index (χ0n) is 9.74. The van der Waals surface area contributed by atoms with Crippen LogP contribution in [0.4, 0.5) is 0 Å². The molecule has 1 aromatic heterocycles. The molecule has 0 amide bonds.